The van der Waals surface area contributed by atoms with E-state index in [9.17, 15) is 0 Å². The van der Waals surface area contributed by atoms with Crippen molar-refractivity contribution in [1.82, 2.24) is 0 Å². The molecule has 0 saturated heterocycles. The van der Waals surface area contributed by atoms with Crippen LogP contribution in [0.5, 0.6) is 5.75 Å². The number of fused-ring (bicyclic) bond motifs is 1. The molecule has 1 aliphatic rings. The average molecular weight is 361 g/mol. The minimum absolute atomic E-state index is 0.497. The van der Waals surface area contributed by atoms with Gasteiger partial charge in [0.05, 0.1) is 0 Å². The van der Waals surface area contributed by atoms with E-state index in [0.717, 1.165) is 12.2 Å². The number of aryl methyl sites for hydroxylation is 1. The Hall–Kier alpha value is -1.16. The summed E-state index contributed by atoms with van der Waals surface area (Å²) < 4.78 is 7.42. The molecule has 0 bridgehead atoms. The molecule has 0 N–H and O–H groups in total. The zero-order valence-electron chi connectivity index (χ0n) is 14.0. The molecule has 0 aromatic heterocycles. The van der Waals surface area contributed by atoms with E-state index in [1.54, 1.807) is 0 Å². The molecule has 0 saturated carbocycles. The molecule has 0 radical (unpaired) electrons. The summed E-state index contributed by atoms with van der Waals surface area (Å²) in [5, 5.41) is 1.30. The van der Waals surface area contributed by atoms with Crippen LogP contribution in [0.4, 0.5) is 0 Å². The van der Waals surface area contributed by atoms with E-state index >= 15 is 0 Å². The summed E-state index contributed by atoms with van der Waals surface area (Å²) >= 11 is 0.497. The van der Waals surface area contributed by atoms with Crippen LogP contribution in [0.3, 0.4) is 0 Å². The Labute approximate surface area is 141 Å². The van der Waals surface area contributed by atoms with Crippen LogP contribution in [-0.4, -0.2) is 21.6 Å². The molecule has 2 rings (SSSR count). The molecule has 1 nitrogen and oxygen atoms in total. The summed E-state index contributed by atoms with van der Waals surface area (Å²) in [5.74, 6) is 7.80. The molecule has 1 aromatic carbocycles. The molecular formula is C20H26OSe. The fourth-order valence-corrected chi connectivity index (χ4v) is 4.93. The normalized spacial score (nSPS) is 13.2. The Morgan fingerprint density at radius 3 is 2.77 bits per heavy atom. The average Bonchev–Trinajstić information content (AvgIpc) is 2.53. The van der Waals surface area contributed by atoms with Crippen molar-refractivity contribution >= 4 is 19.4 Å². The summed E-state index contributed by atoms with van der Waals surface area (Å²) in [4.78, 5) is 0. The molecule has 1 aliphatic heterocycles. The van der Waals surface area contributed by atoms with Gasteiger partial charge in [-0.3, -0.25) is 0 Å². The van der Waals surface area contributed by atoms with Crippen molar-refractivity contribution in [2.75, 3.05) is 6.61 Å². The molecule has 0 aliphatic carbocycles. The summed E-state index contributed by atoms with van der Waals surface area (Å²) in [6, 6.07) is 6.51. The SMILES string of the molecule is CCCCC#CC1=C([Se]CCCC)c2cc(C)ccc2OC1. The van der Waals surface area contributed by atoms with Crippen molar-refractivity contribution in [1.29, 1.82) is 0 Å². The van der Waals surface area contributed by atoms with Crippen LogP contribution < -0.4 is 4.74 Å². The van der Waals surface area contributed by atoms with Crippen LogP contribution in [0.15, 0.2) is 23.8 Å². The third kappa shape index (κ3) is 4.67. The minimum atomic E-state index is 0.497. The van der Waals surface area contributed by atoms with Gasteiger partial charge in [0.2, 0.25) is 0 Å². The summed E-state index contributed by atoms with van der Waals surface area (Å²) in [5.41, 5.74) is 3.82. The second-order valence-electron chi connectivity index (χ2n) is 5.70. The quantitative estimate of drug-likeness (QED) is 0.384. The monoisotopic (exact) mass is 362 g/mol. The van der Waals surface area contributed by atoms with Gasteiger partial charge in [-0.2, -0.15) is 0 Å². The van der Waals surface area contributed by atoms with E-state index in [2.05, 4.69) is 50.8 Å². The first kappa shape index (κ1) is 17.2. The predicted octanol–water partition coefficient (Wildman–Crippen LogP) is 5.21. The summed E-state index contributed by atoms with van der Waals surface area (Å²) in [7, 11) is 0. The number of hydrogen-bond donors (Lipinski definition) is 0. The van der Waals surface area contributed by atoms with Gasteiger partial charge >= 0.3 is 141 Å². The third-order valence-electron chi connectivity index (χ3n) is 3.66. The Morgan fingerprint density at radius 2 is 2.00 bits per heavy atom. The molecular weight excluding hydrogens is 335 g/mol. The number of hydrogen-bond acceptors (Lipinski definition) is 1. The van der Waals surface area contributed by atoms with Gasteiger partial charge < -0.3 is 0 Å². The van der Waals surface area contributed by atoms with Crippen LogP contribution in [0, 0.1) is 18.8 Å². The first-order valence-corrected chi connectivity index (χ1v) is 10.4. The van der Waals surface area contributed by atoms with Crippen molar-refractivity contribution < 1.29 is 4.74 Å². The Bertz CT molecular complexity index is 589. The van der Waals surface area contributed by atoms with Crippen LogP contribution in [0.2, 0.25) is 5.32 Å². The van der Waals surface area contributed by atoms with Gasteiger partial charge in [0, 0.05) is 0 Å². The molecule has 2 heteroatoms. The molecule has 0 atom stereocenters. The van der Waals surface area contributed by atoms with Crippen molar-refractivity contribution in [3.63, 3.8) is 0 Å². The zero-order valence-corrected chi connectivity index (χ0v) is 15.7. The third-order valence-corrected chi connectivity index (χ3v) is 6.28. The summed E-state index contributed by atoms with van der Waals surface area (Å²) in [6.07, 6.45) is 5.97. The van der Waals surface area contributed by atoms with Crippen molar-refractivity contribution in [3.8, 4) is 17.6 Å². The van der Waals surface area contributed by atoms with Gasteiger partial charge in [-0.1, -0.05) is 0 Å². The summed E-state index contributed by atoms with van der Waals surface area (Å²) in [6.45, 7) is 7.28. The van der Waals surface area contributed by atoms with Crippen molar-refractivity contribution in [2.24, 2.45) is 0 Å². The van der Waals surface area contributed by atoms with Crippen LogP contribution in [0.1, 0.15) is 57.1 Å². The standard InChI is InChI=1S/C20H26OSe/c1-4-6-8-9-10-17-15-21-19-12-11-16(3)14-18(19)20(17)22-13-7-5-2/h11-12,14H,4-8,13,15H2,1-3H3. The fourth-order valence-electron chi connectivity index (χ4n) is 2.34. The van der Waals surface area contributed by atoms with Crippen molar-refractivity contribution in [3.05, 3.63) is 34.9 Å². The van der Waals surface area contributed by atoms with E-state index in [0.29, 0.717) is 21.6 Å². The van der Waals surface area contributed by atoms with Gasteiger partial charge in [-0.25, -0.2) is 0 Å². The fraction of sp³-hybridized carbons (Fsp3) is 0.500. The van der Waals surface area contributed by atoms with Gasteiger partial charge in [0.15, 0.2) is 0 Å². The maximum absolute atomic E-state index is 5.93. The molecule has 0 unspecified atom stereocenters. The number of rotatable bonds is 6. The second-order valence-corrected chi connectivity index (χ2v) is 8.02. The number of unbranched alkanes of at least 4 members (excludes halogenated alkanes) is 3. The van der Waals surface area contributed by atoms with Crippen LogP contribution in [0.25, 0.3) is 4.47 Å². The second kappa shape index (κ2) is 9.09. The first-order valence-electron chi connectivity index (χ1n) is 8.34. The molecule has 0 fully saturated rings. The Kier molecular flexibility index (Phi) is 7.10. The molecule has 0 amide bonds. The van der Waals surface area contributed by atoms with E-state index in [-0.39, 0.29) is 0 Å². The van der Waals surface area contributed by atoms with E-state index in [4.69, 9.17) is 4.74 Å². The Morgan fingerprint density at radius 1 is 1.18 bits per heavy atom. The van der Waals surface area contributed by atoms with E-state index in [1.165, 1.54) is 52.2 Å². The molecule has 22 heavy (non-hydrogen) atoms. The first-order chi connectivity index (χ1) is 10.8. The van der Waals surface area contributed by atoms with Gasteiger partial charge in [0.1, 0.15) is 0 Å². The predicted molar refractivity (Wildman–Crippen MR) is 96.4 cm³/mol. The Balaban J connectivity index is 2.29. The van der Waals surface area contributed by atoms with Crippen LogP contribution in [-0.2, 0) is 0 Å². The zero-order chi connectivity index (χ0) is 15.8. The number of ether oxygens (including phenoxy) is 1. The van der Waals surface area contributed by atoms with E-state index in [1.807, 2.05) is 0 Å². The van der Waals surface area contributed by atoms with E-state index < -0.39 is 0 Å². The van der Waals surface area contributed by atoms with Crippen molar-refractivity contribution in [2.45, 2.75) is 58.2 Å². The number of benzene rings is 1. The molecule has 118 valence electrons. The molecule has 0 spiro atoms. The van der Waals surface area contributed by atoms with Crippen LogP contribution >= 0.6 is 0 Å². The molecule has 1 heterocycles. The van der Waals surface area contributed by atoms with Gasteiger partial charge in [-0.05, 0) is 0 Å². The van der Waals surface area contributed by atoms with Gasteiger partial charge in [0.25, 0.3) is 0 Å². The molecule has 1 aromatic rings. The van der Waals surface area contributed by atoms with Gasteiger partial charge in [-0.15, -0.1) is 0 Å². The topological polar surface area (TPSA) is 9.23 Å². The maximum atomic E-state index is 5.93.